The lowest BCUT2D eigenvalue weighted by Crippen LogP contribution is -2.20. The second-order valence-electron chi connectivity index (χ2n) is 3.00. The van der Waals surface area contributed by atoms with Crippen LogP contribution in [0.25, 0.3) is 0 Å². The van der Waals surface area contributed by atoms with Gasteiger partial charge in [0.05, 0.1) is 5.57 Å². The molecular weight excluding hydrogens is 212 g/mol. The molecule has 16 heavy (non-hydrogen) atoms. The number of H-pyrrole nitrogens is 1. The third kappa shape index (κ3) is 2.14. The summed E-state index contributed by atoms with van der Waals surface area (Å²) in [5.41, 5.74) is 0.448. The Morgan fingerprint density at radius 1 is 1.56 bits per heavy atom. The van der Waals surface area contributed by atoms with E-state index < -0.39 is 11.0 Å². The molecule has 0 bridgehead atoms. The van der Waals surface area contributed by atoms with E-state index in [1.54, 1.807) is 18.2 Å². The van der Waals surface area contributed by atoms with E-state index >= 15 is 0 Å². The normalized spacial score (nSPS) is 21.2. The van der Waals surface area contributed by atoms with Gasteiger partial charge in [-0.25, -0.2) is 5.10 Å². The van der Waals surface area contributed by atoms with Crippen molar-refractivity contribution in [1.29, 1.82) is 0 Å². The molecule has 7 heteroatoms. The molecule has 1 aliphatic rings. The van der Waals surface area contributed by atoms with E-state index in [-0.39, 0.29) is 6.01 Å². The molecule has 2 rings (SSSR count). The fourth-order valence-electron chi connectivity index (χ4n) is 1.22. The predicted molar refractivity (Wildman–Crippen MR) is 54.2 cm³/mol. The highest BCUT2D eigenvalue weighted by Crippen LogP contribution is 2.14. The van der Waals surface area contributed by atoms with Crippen molar-refractivity contribution in [2.45, 2.75) is 6.04 Å². The van der Waals surface area contributed by atoms with Crippen LogP contribution in [0.5, 0.6) is 6.01 Å². The molecule has 1 aromatic rings. The van der Waals surface area contributed by atoms with Gasteiger partial charge in [0.15, 0.2) is 0 Å². The molecule has 1 unspecified atom stereocenters. The zero-order chi connectivity index (χ0) is 11.4. The minimum absolute atomic E-state index is 0.192. The number of aromatic amines is 1. The van der Waals surface area contributed by atoms with Gasteiger partial charge in [0.2, 0.25) is 0 Å². The number of hydrogen-bond acceptors (Lipinski definition) is 5. The number of aromatic nitrogens is 3. The van der Waals surface area contributed by atoms with Crippen LogP contribution in [0.3, 0.4) is 0 Å². The first-order valence-electron chi connectivity index (χ1n) is 4.48. The maximum Gasteiger partial charge on any atom is 0.317 e. The van der Waals surface area contributed by atoms with Gasteiger partial charge in [-0.1, -0.05) is 12.2 Å². The van der Waals surface area contributed by atoms with E-state index in [0.29, 0.717) is 5.57 Å². The molecule has 0 aromatic carbocycles. The van der Waals surface area contributed by atoms with Crippen molar-refractivity contribution in [2.24, 2.45) is 0 Å². The molecule has 0 saturated heterocycles. The van der Waals surface area contributed by atoms with Gasteiger partial charge in [-0.05, 0) is 12.2 Å². The quantitative estimate of drug-likeness (QED) is 0.462. The number of allylic oxidation sites excluding steroid dienone is 2. The molecular formula is C9H8N4O3. The topological polar surface area (TPSA) is 93.9 Å². The third-order valence-corrected chi connectivity index (χ3v) is 1.96. The number of nitrogens with zero attached hydrogens (tertiary/aromatic N) is 3. The van der Waals surface area contributed by atoms with Crippen molar-refractivity contribution in [2.75, 3.05) is 0 Å². The molecule has 1 aromatic heterocycles. The van der Waals surface area contributed by atoms with Crippen LogP contribution in [0.2, 0.25) is 0 Å². The van der Waals surface area contributed by atoms with E-state index in [2.05, 4.69) is 15.2 Å². The largest absolute Gasteiger partial charge is 0.432 e. The van der Waals surface area contributed by atoms with Crippen molar-refractivity contribution < 1.29 is 9.66 Å². The molecule has 1 aliphatic carbocycles. The van der Waals surface area contributed by atoms with Crippen molar-refractivity contribution in [1.82, 2.24) is 15.2 Å². The SMILES string of the molecule is O=[N+]([O-])C1C=CC=C/C1=C/Oc1ncn[nH]1. The molecule has 0 aliphatic heterocycles. The van der Waals surface area contributed by atoms with Crippen molar-refractivity contribution in [3.63, 3.8) is 0 Å². The number of nitro groups is 1. The molecule has 7 nitrogen and oxygen atoms in total. The highest BCUT2D eigenvalue weighted by Gasteiger charge is 2.22. The van der Waals surface area contributed by atoms with Gasteiger partial charge >= 0.3 is 6.01 Å². The Hall–Kier alpha value is -2.44. The van der Waals surface area contributed by atoms with E-state index in [0.717, 1.165) is 0 Å². The summed E-state index contributed by atoms with van der Waals surface area (Å²) in [6.45, 7) is 0. The second-order valence-corrected chi connectivity index (χ2v) is 3.00. The second kappa shape index (κ2) is 4.39. The van der Waals surface area contributed by atoms with E-state index in [1.807, 2.05) is 0 Å². The minimum Gasteiger partial charge on any atom is -0.432 e. The van der Waals surface area contributed by atoms with Gasteiger partial charge < -0.3 is 4.74 Å². The highest BCUT2D eigenvalue weighted by atomic mass is 16.6. The van der Waals surface area contributed by atoms with Gasteiger partial charge in [-0.15, -0.1) is 0 Å². The van der Waals surface area contributed by atoms with Crippen LogP contribution in [0.15, 0.2) is 42.5 Å². The Morgan fingerprint density at radius 3 is 3.12 bits per heavy atom. The number of rotatable bonds is 3. The molecule has 0 amide bonds. The van der Waals surface area contributed by atoms with Crippen LogP contribution in [0.1, 0.15) is 0 Å². The summed E-state index contributed by atoms with van der Waals surface area (Å²) in [4.78, 5) is 14.0. The Labute approximate surface area is 90.3 Å². The first-order chi connectivity index (χ1) is 7.77. The summed E-state index contributed by atoms with van der Waals surface area (Å²) in [7, 11) is 0. The van der Waals surface area contributed by atoms with Gasteiger partial charge in [-0.2, -0.15) is 10.1 Å². The summed E-state index contributed by atoms with van der Waals surface area (Å²) in [5.74, 6) is 0. The lowest BCUT2D eigenvalue weighted by molar-refractivity contribution is -0.498. The zero-order valence-corrected chi connectivity index (χ0v) is 8.11. The molecule has 82 valence electrons. The summed E-state index contributed by atoms with van der Waals surface area (Å²) >= 11 is 0. The van der Waals surface area contributed by atoms with Crippen molar-refractivity contribution in [3.8, 4) is 6.01 Å². The van der Waals surface area contributed by atoms with Crippen LogP contribution >= 0.6 is 0 Å². The summed E-state index contributed by atoms with van der Waals surface area (Å²) in [6.07, 6.45) is 9.00. The number of ether oxygens (including phenoxy) is 1. The van der Waals surface area contributed by atoms with Crippen LogP contribution in [0.4, 0.5) is 0 Å². The first kappa shape index (κ1) is 10.1. The number of hydrogen-bond donors (Lipinski definition) is 1. The van der Waals surface area contributed by atoms with Gasteiger partial charge in [0.25, 0.3) is 6.04 Å². The average molecular weight is 220 g/mol. The Balaban J connectivity index is 2.12. The fraction of sp³-hybridized carbons (Fsp3) is 0.111. The van der Waals surface area contributed by atoms with E-state index in [9.17, 15) is 10.1 Å². The molecule has 0 spiro atoms. The number of nitrogens with one attached hydrogen (secondary N) is 1. The molecule has 1 N–H and O–H groups in total. The third-order valence-electron chi connectivity index (χ3n) is 1.96. The van der Waals surface area contributed by atoms with Gasteiger partial charge in [0, 0.05) is 4.92 Å². The predicted octanol–water partition coefficient (Wildman–Crippen LogP) is 0.839. The summed E-state index contributed by atoms with van der Waals surface area (Å²) in [6, 6.07) is -0.689. The van der Waals surface area contributed by atoms with E-state index in [1.165, 1.54) is 18.7 Å². The van der Waals surface area contributed by atoms with E-state index in [4.69, 9.17) is 4.74 Å². The van der Waals surface area contributed by atoms with Crippen LogP contribution < -0.4 is 4.74 Å². The highest BCUT2D eigenvalue weighted by molar-refractivity contribution is 5.33. The lowest BCUT2D eigenvalue weighted by atomic mass is 10.0. The Kier molecular flexibility index (Phi) is 2.77. The first-order valence-corrected chi connectivity index (χ1v) is 4.48. The van der Waals surface area contributed by atoms with Crippen molar-refractivity contribution in [3.05, 3.63) is 52.6 Å². The molecule has 1 atom stereocenters. The average Bonchev–Trinajstić information content (AvgIpc) is 2.79. The monoisotopic (exact) mass is 220 g/mol. The Morgan fingerprint density at radius 2 is 2.44 bits per heavy atom. The smallest absolute Gasteiger partial charge is 0.317 e. The standard InChI is InChI=1S/C9H8N4O3/c14-13(15)8-4-2-1-3-7(8)5-16-9-10-6-11-12-9/h1-6,8H,(H,10,11,12)/b7-5-. The molecule has 0 saturated carbocycles. The Bertz CT molecular complexity index is 461. The van der Waals surface area contributed by atoms with Crippen LogP contribution in [0, 0.1) is 10.1 Å². The zero-order valence-electron chi connectivity index (χ0n) is 8.11. The van der Waals surface area contributed by atoms with Gasteiger partial charge in [0.1, 0.15) is 12.6 Å². The maximum absolute atomic E-state index is 10.7. The minimum atomic E-state index is -0.882. The van der Waals surface area contributed by atoms with Crippen LogP contribution in [-0.2, 0) is 0 Å². The fourth-order valence-corrected chi connectivity index (χ4v) is 1.22. The summed E-state index contributed by atoms with van der Waals surface area (Å²) in [5, 5.41) is 16.8. The lowest BCUT2D eigenvalue weighted by Gasteiger charge is -2.08. The van der Waals surface area contributed by atoms with Crippen LogP contribution in [-0.4, -0.2) is 26.1 Å². The van der Waals surface area contributed by atoms with Gasteiger partial charge in [-0.3, -0.25) is 10.1 Å². The summed E-state index contributed by atoms with van der Waals surface area (Å²) < 4.78 is 5.09. The molecule has 1 heterocycles. The molecule has 0 radical (unpaired) electrons. The van der Waals surface area contributed by atoms with Crippen molar-refractivity contribution >= 4 is 0 Å². The molecule has 0 fully saturated rings. The maximum atomic E-state index is 10.7.